The minimum absolute atomic E-state index is 0.0636. The van der Waals surface area contributed by atoms with E-state index in [0.717, 1.165) is 37.4 Å². The predicted molar refractivity (Wildman–Crippen MR) is 117 cm³/mol. The molecule has 1 saturated carbocycles. The van der Waals surface area contributed by atoms with Gasteiger partial charge in [-0.25, -0.2) is 4.98 Å². The first-order valence-electron chi connectivity index (χ1n) is 9.61. The van der Waals surface area contributed by atoms with Crippen molar-refractivity contribution in [2.45, 2.75) is 50.2 Å². The molecule has 0 unspecified atom stereocenters. The second-order valence-corrected chi connectivity index (χ2v) is 8.81. The molecular weight excluding hydrogens is 426 g/mol. The van der Waals surface area contributed by atoms with Gasteiger partial charge < -0.3 is 16.0 Å². The first-order chi connectivity index (χ1) is 14.4. The summed E-state index contributed by atoms with van der Waals surface area (Å²) in [5.41, 5.74) is -0.770. The summed E-state index contributed by atoms with van der Waals surface area (Å²) >= 11 is 2.28. The second-order valence-electron chi connectivity index (χ2n) is 6.90. The first kappa shape index (κ1) is 22.0. The maximum atomic E-state index is 12.5. The molecule has 3 amide bonds. The molecule has 0 aromatic carbocycles. The van der Waals surface area contributed by atoms with Crippen molar-refractivity contribution < 1.29 is 14.4 Å². The van der Waals surface area contributed by atoms with Crippen molar-refractivity contribution in [1.82, 2.24) is 15.3 Å². The summed E-state index contributed by atoms with van der Waals surface area (Å²) < 4.78 is 0. The highest BCUT2D eigenvalue weighted by Gasteiger charge is 2.19. The van der Waals surface area contributed by atoms with Gasteiger partial charge in [0.25, 0.3) is 11.5 Å². The molecule has 1 aliphatic carbocycles. The van der Waals surface area contributed by atoms with E-state index in [1.807, 2.05) is 0 Å². The Morgan fingerprint density at radius 3 is 2.67 bits per heavy atom. The van der Waals surface area contributed by atoms with E-state index < -0.39 is 17.4 Å². The summed E-state index contributed by atoms with van der Waals surface area (Å²) in [6, 6.07) is 3.53. The van der Waals surface area contributed by atoms with Crippen molar-refractivity contribution in [3.8, 4) is 0 Å². The molecule has 1 fully saturated rings. The molecular formula is C19H23N5O4S2. The van der Waals surface area contributed by atoms with Gasteiger partial charge in [-0.2, -0.15) is 0 Å². The number of hydrogen-bond donors (Lipinski definition) is 4. The van der Waals surface area contributed by atoms with Crippen LogP contribution in [-0.4, -0.2) is 39.5 Å². The molecule has 3 rings (SSSR count). The Kier molecular flexibility index (Phi) is 7.63. The number of aromatic nitrogens is 2. The molecule has 2 heterocycles. The molecule has 0 atom stereocenters. The van der Waals surface area contributed by atoms with Crippen LogP contribution in [0.2, 0.25) is 0 Å². The van der Waals surface area contributed by atoms with Crippen LogP contribution in [0, 0.1) is 0 Å². The Balaban J connectivity index is 1.70. The maximum absolute atomic E-state index is 12.5. The van der Waals surface area contributed by atoms with Crippen LogP contribution < -0.4 is 21.5 Å². The van der Waals surface area contributed by atoms with Gasteiger partial charge in [0.2, 0.25) is 11.8 Å². The fraction of sp³-hybridized carbons (Fsp3) is 0.421. The van der Waals surface area contributed by atoms with Gasteiger partial charge in [0.05, 0.1) is 10.6 Å². The number of nitrogens with zero attached hydrogens (tertiary/aromatic N) is 1. The summed E-state index contributed by atoms with van der Waals surface area (Å²) in [4.78, 5) is 55.8. The van der Waals surface area contributed by atoms with Crippen LogP contribution >= 0.6 is 23.1 Å². The number of thiophene rings is 1. The van der Waals surface area contributed by atoms with Gasteiger partial charge in [-0.15, -0.1) is 11.3 Å². The number of aromatic amines is 1. The lowest BCUT2D eigenvalue weighted by Crippen LogP contribution is -2.37. The second kappa shape index (κ2) is 10.4. The Morgan fingerprint density at radius 1 is 1.23 bits per heavy atom. The summed E-state index contributed by atoms with van der Waals surface area (Å²) in [7, 11) is 0. The Bertz CT molecular complexity index is 968. The van der Waals surface area contributed by atoms with E-state index in [1.54, 1.807) is 17.5 Å². The van der Waals surface area contributed by atoms with Gasteiger partial charge in [0.15, 0.2) is 16.7 Å². The van der Waals surface area contributed by atoms with Crippen LogP contribution in [0.5, 0.6) is 0 Å². The topological polar surface area (TPSA) is 133 Å². The van der Waals surface area contributed by atoms with Crippen molar-refractivity contribution in [2.75, 3.05) is 16.4 Å². The fourth-order valence-corrected chi connectivity index (χ4v) is 4.42. The quantitative estimate of drug-likeness (QED) is 0.379. The minimum atomic E-state index is -0.617. The Hall–Kier alpha value is -2.66. The number of hydrogen-bond acceptors (Lipinski definition) is 7. The Labute approximate surface area is 181 Å². The molecule has 9 nitrogen and oxygen atoms in total. The molecule has 30 heavy (non-hydrogen) atoms. The lowest BCUT2D eigenvalue weighted by atomic mass is 9.95. The summed E-state index contributed by atoms with van der Waals surface area (Å²) in [5.74, 6) is -1.03. The molecule has 2 aromatic rings. The number of amides is 3. The van der Waals surface area contributed by atoms with Crippen LogP contribution in [0.1, 0.15) is 48.7 Å². The first-order valence-corrected chi connectivity index (χ1v) is 11.5. The molecule has 0 bridgehead atoms. The summed E-state index contributed by atoms with van der Waals surface area (Å²) in [6.45, 7) is 1.28. The standard InChI is InChI=1S/C19H23N5O4S2/c1-11(25)20-16-15(22-17(27)13-8-5-9-29-13)18(28)24-19(23-16)30-10-14(26)21-12-6-3-2-4-7-12/h5,8-9,12H,2-4,6-7,10H2,1H3,(H,21,26)(H,22,27)(H2,20,23,24,25,28). The third-order valence-electron chi connectivity index (χ3n) is 4.49. The highest BCUT2D eigenvalue weighted by Crippen LogP contribution is 2.21. The number of anilines is 2. The molecule has 0 aliphatic heterocycles. The highest BCUT2D eigenvalue weighted by atomic mass is 32.2. The Morgan fingerprint density at radius 2 is 2.00 bits per heavy atom. The molecule has 2 aromatic heterocycles. The van der Waals surface area contributed by atoms with Crippen LogP contribution in [0.3, 0.4) is 0 Å². The molecule has 4 N–H and O–H groups in total. The van der Waals surface area contributed by atoms with E-state index in [9.17, 15) is 19.2 Å². The number of carbonyl (C=O) groups excluding carboxylic acids is 3. The molecule has 11 heteroatoms. The van der Waals surface area contributed by atoms with Gasteiger partial charge in [-0.05, 0) is 24.3 Å². The number of H-pyrrole nitrogens is 1. The number of carbonyl (C=O) groups is 3. The van der Waals surface area contributed by atoms with Crippen molar-refractivity contribution in [2.24, 2.45) is 0 Å². The smallest absolute Gasteiger partial charge is 0.277 e. The molecule has 0 spiro atoms. The van der Waals surface area contributed by atoms with Crippen LogP contribution in [0.4, 0.5) is 11.5 Å². The number of rotatable bonds is 7. The third-order valence-corrected chi connectivity index (χ3v) is 6.23. The van der Waals surface area contributed by atoms with E-state index in [0.29, 0.717) is 4.88 Å². The summed E-state index contributed by atoms with van der Waals surface area (Å²) in [6.07, 6.45) is 5.40. The van der Waals surface area contributed by atoms with Crippen molar-refractivity contribution >= 4 is 52.3 Å². The van der Waals surface area contributed by atoms with E-state index >= 15 is 0 Å². The zero-order valence-electron chi connectivity index (χ0n) is 16.4. The predicted octanol–water partition coefficient (Wildman–Crippen LogP) is 2.58. The average molecular weight is 450 g/mol. The van der Waals surface area contributed by atoms with Gasteiger partial charge in [-0.3, -0.25) is 24.2 Å². The molecule has 160 valence electrons. The van der Waals surface area contributed by atoms with Crippen molar-refractivity contribution in [1.29, 1.82) is 0 Å². The lowest BCUT2D eigenvalue weighted by Gasteiger charge is -2.22. The summed E-state index contributed by atoms with van der Waals surface area (Å²) in [5, 5.41) is 9.87. The normalized spacial score (nSPS) is 14.2. The van der Waals surface area contributed by atoms with Crippen molar-refractivity contribution in [3.63, 3.8) is 0 Å². The van der Waals surface area contributed by atoms with Crippen LogP contribution in [0.25, 0.3) is 0 Å². The third kappa shape index (κ3) is 6.17. The minimum Gasteiger partial charge on any atom is -0.353 e. The van der Waals surface area contributed by atoms with E-state index in [-0.39, 0.29) is 34.4 Å². The van der Waals surface area contributed by atoms with Gasteiger partial charge in [-0.1, -0.05) is 37.1 Å². The average Bonchev–Trinajstić information content (AvgIpc) is 3.24. The number of thioether (sulfide) groups is 1. The highest BCUT2D eigenvalue weighted by molar-refractivity contribution is 7.99. The SMILES string of the molecule is CC(=O)Nc1nc(SCC(=O)NC2CCCCC2)[nH]c(=O)c1NC(=O)c1cccs1. The van der Waals surface area contributed by atoms with E-state index in [2.05, 4.69) is 25.9 Å². The molecule has 0 radical (unpaired) electrons. The largest absolute Gasteiger partial charge is 0.353 e. The number of nitrogens with one attached hydrogen (secondary N) is 4. The lowest BCUT2D eigenvalue weighted by molar-refractivity contribution is -0.119. The monoisotopic (exact) mass is 449 g/mol. The van der Waals surface area contributed by atoms with Gasteiger partial charge in [0.1, 0.15) is 0 Å². The van der Waals surface area contributed by atoms with E-state index in [1.165, 1.54) is 24.7 Å². The van der Waals surface area contributed by atoms with E-state index in [4.69, 9.17) is 0 Å². The van der Waals surface area contributed by atoms with Gasteiger partial charge >= 0.3 is 0 Å². The zero-order chi connectivity index (χ0) is 21.5. The van der Waals surface area contributed by atoms with Gasteiger partial charge in [0, 0.05) is 13.0 Å². The fourth-order valence-electron chi connectivity index (χ4n) is 3.13. The van der Waals surface area contributed by atoms with Crippen molar-refractivity contribution in [3.05, 3.63) is 32.7 Å². The van der Waals surface area contributed by atoms with Crippen LogP contribution in [-0.2, 0) is 9.59 Å². The van der Waals surface area contributed by atoms with Crippen LogP contribution in [0.15, 0.2) is 27.5 Å². The maximum Gasteiger partial charge on any atom is 0.277 e. The zero-order valence-corrected chi connectivity index (χ0v) is 18.1. The molecule has 0 saturated heterocycles. The molecule has 1 aliphatic rings.